The van der Waals surface area contributed by atoms with Gasteiger partial charge in [0, 0.05) is 43.2 Å². The Bertz CT molecular complexity index is 3200. The van der Waals surface area contributed by atoms with Crippen LogP contribution in [0, 0.1) is 6.92 Å². The molecule has 0 unspecified atom stereocenters. The van der Waals surface area contributed by atoms with E-state index in [1.807, 2.05) is 11.3 Å². The molecule has 8 aromatic rings. The summed E-state index contributed by atoms with van der Waals surface area (Å²) in [6, 6.07) is 56.3. The number of benzene rings is 7. The molecule has 65 heavy (non-hydrogen) atoms. The first-order valence-electron chi connectivity index (χ1n) is 23.8. The standard InChI is InChI=1S/C61H61BN2S/c1-38-32-52-55-53(33-38)64(50-28-24-42(58(2,3)4)35-45(50)40-20-16-13-17-21-40)51-36-43(59(5,6)7)23-27-49(51)62(55)57-56(46-34-41(22-29-54(46)65-57)39-18-14-12-15-19-39)63(52)44-25-26-47-48(37-44)61(10,11)31-30-60(47,8)9/h12-29,32-37H,30-31H2,1-11H3. The zero-order valence-electron chi connectivity index (χ0n) is 40.2. The fourth-order valence-electron chi connectivity index (χ4n) is 11.2. The second-order valence-electron chi connectivity index (χ2n) is 22.6. The second-order valence-corrected chi connectivity index (χ2v) is 23.7. The molecule has 0 saturated heterocycles. The highest BCUT2D eigenvalue weighted by Crippen LogP contribution is 2.53. The van der Waals surface area contributed by atoms with Crippen LogP contribution in [0.2, 0.25) is 0 Å². The Hall–Kier alpha value is -5.84. The molecule has 0 saturated carbocycles. The van der Waals surface area contributed by atoms with Gasteiger partial charge in [-0.2, -0.15) is 0 Å². The van der Waals surface area contributed by atoms with Gasteiger partial charge in [-0.05, 0) is 151 Å². The second kappa shape index (κ2) is 14.6. The van der Waals surface area contributed by atoms with E-state index in [1.165, 1.54) is 123 Å². The third-order valence-electron chi connectivity index (χ3n) is 15.1. The van der Waals surface area contributed by atoms with Crippen LogP contribution in [-0.4, -0.2) is 6.71 Å². The van der Waals surface area contributed by atoms with Gasteiger partial charge in [0.25, 0.3) is 6.71 Å². The van der Waals surface area contributed by atoms with E-state index < -0.39 is 0 Å². The van der Waals surface area contributed by atoms with Crippen molar-refractivity contribution in [2.24, 2.45) is 0 Å². The van der Waals surface area contributed by atoms with E-state index in [0.29, 0.717) is 0 Å². The number of hydrogen-bond donors (Lipinski definition) is 0. The molecule has 0 atom stereocenters. The normalized spacial score (nSPS) is 16.0. The molecule has 0 radical (unpaired) electrons. The minimum atomic E-state index is -0.0359. The van der Waals surface area contributed by atoms with Crippen molar-refractivity contribution in [3.8, 4) is 22.3 Å². The summed E-state index contributed by atoms with van der Waals surface area (Å²) in [4.78, 5) is 5.32. The first kappa shape index (κ1) is 41.8. The van der Waals surface area contributed by atoms with E-state index in [0.717, 1.165) is 0 Å². The lowest BCUT2D eigenvalue weighted by Gasteiger charge is -2.45. The van der Waals surface area contributed by atoms with Crippen LogP contribution in [0.5, 0.6) is 0 Å². The van der Waals surface area contributed by atoms with Crippen molar-refractivity contribution in [1.82, 2.24) is 0 Å². The van der Waals surface area contributed by atoms with Gasteiger partial charge < -0.3 is 9.80 Å². The van der Waals surface area contributed by atoms with E-state index in [2.05, 4.69) is 232 Å². The Balaban J connectivity index is 1.25. The summed E-state index contributed by atoms with van der Waals surface area (Å²) in [5.41, 5.74) is 22.3. The topological polar surface area (TPSA) is 6.48 Å². The predicted molar refractivity (Wildman–Crippen MR) is 284 cm³/mol. The fourth-order valence-corrected chi connectivity index (χ4v) is 12.5. The molecule has 324 valence electrons. The lowest BCUT2D eigenvalue weighted by atomic mass is 9.36. The van der Waals surface area contributed by atoms with Crippen molar-refractivity contribution in [2.75, 3.05) is 9.80 Å². The molecule has 4 heteroatoms. The van der Waals surface area contributed by atoms with Gasteiger partial charge in [0.05, 0.1) is 11.4 Å². The van der Waals surface area contributed by atoms with E-state index in [4.69, 9.17) is 0 Å². The molecule has 3 aliphatic rings. The highest BCUT2D eigenvalue weighted by Gasteiger charge is 2.47. The van der Waals surface area contributed by atoms with Gasteiger partial charge >= 0.3 is 0 Å². The number of anilines is 6. The van der Waals surface area contributed by atoms with Crippen LogP contribution in [0.25, 0.3) is 32.3 Å². The van der Waals surface area contributed by atoms with Crippen LogP contribution in [0.15, 0.2) is 146 Å². The summed E-state index contributed by atoms with van der Waals surface area (Å²) in [5.74, 6) is 0. The third-order valence-corrected chi connectivity index (χ3v) is 16.3. The van der Waals surface area contributed by atoms with Crippen LogP contribution < -0.4 is 25.5 Å². The Morgan fingerprint density at radius 3 is 1.82 bits per heavy atom. The van der Waals surface area contributed by atoms with Crippen molar-refractivity contribution in [3.63, 3.8) is 0 Å². The molecule has 11 rings (SSSR count). The largest absolute Gasteiger partial charge is 0.311 e. The van der Waals surface area contributed by atoms with E-state index in [9.17, 15) is 0 Å². The monoisotopic (exact) mass is 864 g/mol. The molecule has 0 amide bonds. The van der Waals surface area contributed by atoms with Crippen molar-refractivity contribution in [3.05, 3.63) is 173 Å². The highest BCUT2D eigenvalue weighted by atomic mass is 32.1. The summed E-state index contributed by atoms with van der Waals surface area (Å²) in [6.45, 7) is 26.2. The van der Waals surface area contributed by atoms with Gasteiger partial charge in [-0.3, -0.25) is 0 Å². The molecular formula is C61H61BN2S. The maximum Gasteiger partial charge on any atom is 0.264 e. The van der Waals surface area contributed by atoms with Crippen molar-refractivity contribution in [1.29, 1.82) is 0 Å². The average molecular weight is 865 g/mol. The lowest BCUT2D eigenvalue weighted by Crippen LogP contribution is -2.60. The summed E-state index contributed by atoms with van der Waals surface area (Å²) in [7, 11) is 0. The van der Waals surface area contributed by atoms with E-state index >= 15 is 0 Å². The van der Waals surface area contributed by atoms with Crippen LogP contribution in [0.3, 0.4) is 0 Å². The molecule has 2 nitrogen and oxygen atoms in total. The minimum Gasteiger partial charge on any atom is -0.311 e. The van der Waals surface area contributed by atoms with Gasteiger partial charge in [0.2, 0.25) is 0 Å². The van der Waals surface area contributed by atoms with Crippen LogP contribution in [-0.2, 0) is 21.7 Å². The highest BCUT2D eigenvalue weighted by molar-refractivity contribution is 7.33. The number of rotatable bonds is 4. The first-order valence-corrected chi connectivity index (χ1v) is 24.6. The average Bonchev–Trinajstić information content (AvgIpc) is 3.66. The fraction of sp³-hybridized carbons (Fsp3) is 0.279. The maximum atomic E-state index is 2.68. The molecule has 2 aliphatic heterocycles. The zero-order valence-corrected chi connectivity index (χ0v) is 41.0. The van der Waals surface area contributed by atoms with Crippen LogP contribution in [0.1, 0.15) is 110 Å². The summed E-state index contributed by atoms with van der Waals surface area (Å²) >= 11 is 1.99. The number of hydrogen-bond acceptors (Lipinski definition) is 3. The van der Waals surface area contributed by atoms with Gasteiger partial charge in [-0.15, -0.1) is 11.3 Å². The molecule has 0 spiro atoms. The molecule has 7 aromatic carbocycles. The summed E-state index contributed by atoms with van der Waals surface area (Å²) in [6.07, 6.45) is 2.37. The Kier molecular flexibility index (Phi) is 9.39. The van der Waals surface area contributed by atoms with E-state index in [-0.39, 0.29) is 28.4 Å². The SMILES string of the molecule is Cc1cc2c3c(c1)N(c1ccc4c(c1)C(C)(C)CCC4(C)C)c1c(sc4ccc(-c5ccccc5)cc14)B3c1ccc(C(C)(C)C)cc1N2c1ccc(C(C)(C)C)cc1-c1ccccc1. The third kappa shape index (κ3) is 6.73. The molecular weight excluding hydrogens is 804 g/mol. The Morgan fingerprint density at radius 1 is 0.523 bits per heavy atom. The van der Waals surface area contributed by atoms with Gasteiger partial charge in [-0.1, -0.05) is 160 Å². The number of nitrogens with zero attached hydrogens (tertiary/aromatic N) is 2. The summed E-state index contributed by atoms with van der Waals surface area (Å²) in [5, 5.41) is 1.32. The quantitative estimate of drug-likeness (QED) is 0.163. The smallest absolute Gasteiger partial charge is 0.264 e. The Morgan fingerprint density at radius 2 is 1.14 bits per heavy atom. The molecule has 0 fully saturated rings. The molecule has 3 heterocycles. The van der Waals surface area contributed by atoms with Crippen molar-refractivity contribution < 1.29 is 0 Å². The lowest BCUT2D eigenvalue weighted by molar-refractivity contribution is 0.332. The number of thiophene rings is 1. The molecule has 0 bridgehead atoms. The van der Waals surface area contributed by atoms with Gasteiger partial charge in [0.1, 0.15) is 0 Å². The zero-order chi connectivity index (χ0) is 45.4. The maximum absolute atomic E-state index is 2.68. The van der Waals surface area contributed by atoms with Crippen LogP contribution >= 0.6 is 11.3 Å². The van der Waals surface area contributed by atoms with E-state index in [1.54, 1.807) is 0 Å². The van der Waals surface area contributed by atoms with Crippen LogP contribution in [0.4, 0.5) is 34.1 Å². The van der Waals surface area contributed by atoms with Crippen molar-refractivity contribution in [2.45, 2.75) is 111 Å². The summed E-state index contributed by atoms with van der Waals surface area (Å²) < 4.78 is 2.74. The number of fused-ring (bicyclic) bond motifs is 7. The molecule has 1 aliphatic carbocycles. The molecule has 1 aromatic heterocycles. The predicted octanol–water partition coefficient (Wildman–Crippen LogP) is 15.6. The Labute approximate surface area is 392 Å². The van der Waals surface area contributed by atoms with Crippen molar-refractivity contribution >= 4 is 78.0 Å². The first-order chi connectivity index (χ1) is 30.9. The minimum absolute atomic E-state index is 0.00796. The van der Waals surface area contributed by atoms with Gasteiger partial charge in [0.15, 0.2) is 0 Å². The van der Waals surface area contributed by atoms with Gasteiger partial charge in [-0.25, -0.2) is 0 Å². The molecule has 0 N–H and O–H groups in total. The number of aryl methyl sites for hydroxylation is 1.